The quantitative estimate of drug-likeness (QED) is 0.648. The van der Waals surface area contributed by atoms with Crippen LogP contribution in [0.5, 0.6) is 0 Å². The summed E-state index contributed by atoms with van der Waals surface area (Å²) < 4.78 is 16.5. The number of cyclic esters (lactones) is 2. The second kappa shape index (κ2) is 8.15. The van der Waals surface area contributed by atoms with Crippen LogP contribution in [0.1, 0.15) is 65.8 Å². The largest absolute Gasteiger partial charge is 0.457 e. The molecule has 35 heavy (non-hydrogen) atoms. The molecule has 3 atom stereocenters. The fourth-order valence-electron chi connectivity index (χ4n) is 6.66. The van der Waals surface area contributed by atoms with E-state index in [1.807, 2.05) is 13.0 Å². The van der Waals surface area contributed by atoms with Crippen LogP contribution in [0.3, 0.4) is 0 Å². The van der Waals surface area contributed by atoms with Crippen LogP contribution in [0.15, 0.2) is 23.4 Å². The molecule has 9 heteroatoms. The van der Waals surface area contributed by atoms with Gasteiger partial charge in [-0.05, 0) is 43.9 Å². The van der Waals surface area contributed by atoms with E-state index in [-0.39, 0.29) is 43.1 Å². The Kier molecular flexibility index (Phi) is 5.28. The number of carbonyl (C=O) groups excluding carboxylic acids is 3. The number of hydrogen-bond acceptors (Lipinski definition) is 8. The molecule has 0 aromatic heterocycles. The molecular formula is C26H30N2O7. The molecular weight excluding hydrogens is 452 g/mol. The Balaban J connectivity index is 1.20. The molecule has 1 aromatic carbocycles. The van der Waals surface area contributed by atoms with E-state index in [9.17, 15) is 19.5 Å². The average Bonchev–Trinajstić information content (AvgIpc) is 3.45. The fourth-order valence-corrected chi connectivity index (χ4v) is 6.66. The van der Waals surface area contributed by atoms with Crippen LogP contribution in [-0.4, -0.2) is 76.7 Å². The number of nitrogens with zero attached hydrogens (tertiary/aromatic N) is 2. The van der Waals surface area contributed by atoms with Gasteiger partial charge in [-0.15, -0.1) is 0 Å². The maximum atomic E-state index is 13.7. The van der Waals surface area contributed by atoms with Gasteiger partial charge in [0.25, 0.3) is 5.91 Å². The highest BCUT2D eigenvalue weighted by Crippen LogP contribution is 2.46. The Bertz CT molecular complexity index is 1140. The monoisotopic (exact) mass is 482 g/mol. The lowest BCUT2D eigenvalue weighted by molar-refractivity contribution is -0.182. The molecule has 5 heterocycles. The molecule has 9 nitrogen and oxygen atoms in total. The maximum absolute atomic E-state index is 13.7. The first kappa shape index (κ1) is 22.7. The Morgan fingerprint density at radius 3 is 2.46 bits per heavy atom. The SMILES string of the molecule is CC1=C(N2CCOC3(CC4CCC(C3)N4CC(O)c3ccc4c(c3C)COC4=O)C2=O)COC1=O. The van der Waals surface area contributed by atoms with Crippen LogP contribution in [0.4, 0.5) is 0 Å². The zero-order chi connectivity index (χ0) is 24.5. The summed E-state index contributed by atoms with van der Waals surface area (Å²) >= 11 is 0. The van der Waals surface area contributed by atoms with Crippen molar-refractivity contribution in [2.75, 3.05) is 26.3 Å². The molecule has 1 N–H and O–H groups in total. The van der Waals surface area contributed by atoms with Crippen molar-refractivity contribution in [2.24, 2.45) is 0 Å². The molecule has 3 saturated heterocycles. The van der Waals surface area contributed by atoms with E-state index in [1.165, 1.54) is 0 Å². The fraction of sp³-hybridized carbons (Fsp3) is 0.577. The van der Waals surface area contributed by atoms with Crippen LogP contribution in [0, 0.1) is 6.92 Å². The number of ether oxygens (including phenoxy) is 3. The molecule has 186 valence electrons. The minimum Gasteiger partial charge on any atom is -0.457 e. The zero-order valence-corrected chi connectivity index (χ0v) is 20.0. The van der Waals surface area contributed by atoms with Crippen molar-refractivity contribution in [1.29, 1.82) is 0 Å². The Morgan fingerprint density at radius 1 is 1.06 bits per heavy atom. The topological polar surface area (TPSA) is 106 Å². The summed E-state index contributed by atoms with van der Waals surface area (Å²) in [7, 11) is 0. The van der Waals surface area contributed by atoms with E-state index in [2.05, 4.69) is 4.90 Å². The lowest BCUT2D eigenvalue weighted by Crippen LogP contribution is -2.63. The highest BCUT2D eigenvalue weighted by atomic mass is 16.5. The minimum absolute atomic E-state index is 0.0763. The van der Waals surface area contributed by atoms with E-state index < -0.39 is 11.7 Å². The summed E-state index contributed by atoms with van der Waals surface area (Å²) in [5.74, 6) is -0.753. The van der Waals surface area contributed by atoms with Crippen LogP contribution >= 0.6 is 0 Å². The van der Waals surface area contributed by atoms with Crippen LogP contribution in [-0.2, 0) is 30.4 Å². The number of carbonyl (C=O) groups is 3. The van der Waals surface area contributed by atoms with Gasteiger partial charge in [0.1, 0.15) is 18.8 Å². The van der Waals surface area contributed by atoms with Gasteiger partial charge in [-0.2, -0.15) is 0 Å². The molecule has 2 bridgehead atoms. The number of amides is 1. The van der Waals surface area contributed by atoms with E-state index in [1.54, 1.807) is 17.9 Å². The summed E-state index contributed by atoms with van der Waals surface area (Å²) in [5.41, 5.74) is 3.40. The van der Waals surface area contributed by atoms with E-state index >= 15 is 0 Å². The standard InChI is InChI=1S/C26H30N2O7/c1-14-18(5-6-19-20(14)12-33-24(19)31)22(29)11-28-16-3-4-17(28)10-26(9-16)25(32)27(7-8-35-26)21-13-34-23(30)15(21)2/h5-6,16-17,22,29H,3-4,7-13H2,1-2H3. The Morgan fingerprint density at radius 2 is 1.77 bits per heavy atom. The second-order valence-corrected chi connectivity index (χ2v) is 10.3. The Hall–Kier alpha value is -2.75. The number of aliphatic hydroxyl groups is 1. The molecule has 5 aliphatic rings. The number of piperidine rings is 1. The molecule has 0 saturated carbocycles. The molecule has 5 aliphatic heterocycles. The summed E-state index contributed by atoms with van der Waals surface area (Å²) in [5, 5.41) is 11.2. The summed E-state index contributed by atoms with van der Waals surface area (Å²) in [6.45, 7) is 5.33. The van der Waals surface area contributed by atoms with Gasteiger partial charge in [-0.25, -0.2) is 9.59 Å². The van der Waals surface area contributed by atoms with Crippen LogP contribution in [0.2, 0.25) is 0 Å². The molecule has 0 radical (unpaired) electrons. The van der Waals surface area contributed by atoms with E-state index in [0.29, 0.717) is 49.4 Å². The number of rotatable bonds is 4. The third-order valence-electron chi connectivity index (χ3n) is 8.59. The van der Waals surface area contributed by atoms with Gasteiger partial charge in [-0.1, -0.05) is 6.07 Å². The van der Waals surface area contributed by atoms with Crippen molar-refractivity contribution < 1.29 is 33.7 Å². The number of esters is 2. The van der Waals surface area contributed by atoms with Crippen molar-refractivity contribution in [3.8, 4) is 0 Å². The van der Waals surface area contributed by atoms with Crippen molar-refractivity contribution >= 4 is 17.8 Å². The number of fused-ring (bicyclic) bond motifs is 3. The van der Waals surface area contributed by atoms with Crippen molar-refractivity contribution in [2.45, 2.75) is 69.9 Å². The molecule has 1 aromatic rings. The second-order valence-electron chi connectivity index (χ2n) is 10.3. The highest BCUT2D eigenvalue weighted by molar-refractivity contribution is 5.95. The minimum atomic E-state index is -0.897. The van der Waals surface area contributed by atoms with Gasteiger partial charge in [0.05, 0.1) is 29.5 Å². The van der Waals surface area contributed by atoms with Gasteiger partial charge < -0.3 is 24.2 Å². The van der Waals surface area contributed by atoms with Gasteiger partial charge >= 0.3 is 11.9 Å². The predicted octanol–water partition coefficient (Wildman–Crippen LogP) is 1.75. The average molecular weight is 483 g/mol. The van der Waals surface area contributed by atoms with Gasteiger partial charge in [0.15, 0.2) is 0 Å². The predicted molar refractivity (Wildman–Crippen MR) is 122 cm³/mol. The van der Waals surface area contributed by atoms with Crippen molar-refractivity contribution in [3.05, 3.63) is 45.7 Å². The van der Waals surface area contributed by atoms with Gasteiger partial charge in [-0.3, -0.25) is 9.69 Å². The molecule has 0 aliphatic carbocycles. The molecule has 1 spiro atoms. The molecule has 6 rings (SSSR count). The lowest BCUT2D eigenvalue weighted by Gasteiger charge is -2.49. The summed E-state index contributed by atoms with van der Waals surface area (Å²) in [6, 6.07) is 3.82. The number of benzene rings is 1. The highest BCUT2D eigenvalue weighted by Gasteiger charge is 2.56. The van der Waals surface area contributed by atoms with Crippen LogP contribution in [0.25, 0.3) is 0 Å². The number of morpholine rings is 1. The van der Waals surface area contributed by atoms with Gasteiger partial charge in [0.2, 0.25) is 0 Å². The first-order chi connectivity index (χ1) is 16.8. The number of hydrogen-bond donors (Lipinski definition) is 1. The van der Waals surface area contributed by atoms with Crippen LogP contribution < -0.4 is 0 Å². The zero-order valence-electron chi connectivity index (χ0n) is 20.0. The van der Waals surface area contributed by atoms with Gasteiger partial charge in [0, 0.05) is 43.6 Å². The lowest BCUT2D eigenvalue weighted by atomic mass is 9.83. The Labute approximate surface area is 203 Å². The normalized spacial score (nSPS) is 31.3. The van der Waals surface area contributed by atoms with E-state index in [4.69, 9.17) is 14.2 Å². The first-order valence-electron chi connectivity index (χ1n) is 12.3. The number of aliphatic hydroxyl groups excluding tert-OH is 1. The smallest absolute Gasteiger partial charge is 0.338 e. The summed E-state index contributed by atoms with van der Waals surface area (Å²) in [6.07, 6.45) is 2.33. The van der Waals surface area contributed by atoms with Crippen molar-refractivity contribution in [1.82, 2.24) is 9.80 Å². The maximum Gasteiger partial charge on any atom is 0.338 e. The summed E-state index contributed by atoms with van der Waals surface area (Å²) in [4.78, 5) is 41.4. The van der Waals surface area contributed by atoms with E-state index in [0.717, 1.165) is 29.5 Å². The molecule has 3 fully saturated rings. The first-order valence-corrected chi connectivity index (χ1v) is 12.3. The molecule has 3 unspecified atom stereocenters. The van der Waals surface area contributed by atoms with Crippen molar-refractivity contribution in [3.63, 3.8) is 0 Å². The molecule has 1 amide bonds. The third kappa shape index (κ3) is 3.43. The third-order valence-corrected chi connectivity index (χ3v) is 8.59.